The predicted octanol–water partition coefficient (Wildman–Crippen LogP) is 3.06. The molecule has 0 atom stereocenters. The van der Waals surface area contributed by atoms with Crippen LogP contribution in [0.5, 0.6) is 11.5 Å². The van der Waals surface area contributed by atoms with Gasteiger partial charge in [-0.15, -0.1) is 0 Å². The van der Waals surface area contributed by atoms with Crippen LogP contribution in [-0.2, 0) is 11.3 Å². The van der Waals surface area contributed by atoms with Crippen molar-refractivity contribution in [2.45, 2.75) is 26.5 Å². The first-order valence-electron chi connectivity index (χ1n) is 12.0. The number of rotatable bonds is 9. The molecule has 190 valence electrons. The SMILES string of the molecule is C=CNC(=O)c1c(OC(C)C)c2cc(-c3ccc(OC)cc3)cnc2n(CCN2CCOCC2)c1=O. The fraction of sp³-hybridized carbons (Fsp3) is 0.370. The minimum Gasteiger partial charge on any atom is -0.497 e. The zero-order chi connectivity index (χ0) is 25.7. The number of fused-ring (bicyclic) bond motifs is 1. The predicted molar refractivity (Wildman–Crippen MR) is 139 cm³/mol. The number of methoxy groups -OCH3 is 1. The Hall–Kier alpha value is -3.69. The summed E-state index contributed by atoms with van der Waals surface area (Å²) in [5.41, 5.74) is 1.70. The Morgan fingerprint density at radius 2 is 1.92 bits per heavy atom. The molecule has 3 heterocycles. The number of ether oxygens (including phenoxy) is 3. The molecule has 1 aromatic carbocycles. The van der Waals surface area contributed by atoms with Crippen molar-refractivity contribution in [2.24, 2.45) is 0 Å². The molecule has 0 aliphatic carbocycles. The van der Waals surface area contributed by atoms with Gasteiger partial charge in [-0.2, -0.15) is 0 Å². The van der Waals surface area contributed by atoms with Crippen LogP contribution >= 0.6 is 0 Å². The molecule has 1 fully saturated rings. The van der Waals surface area contributed by atoms with Crippen LogP contribution < -0.4 is 20.3 Å². The van der Waals surface area contributed by atoms with E-state index in [1.165, 1.54) is 6.20 Å². The number of morpholine rings is 1. The topological polar surface area (TPSA) is 94.9 Å². The molecule has 1 aliphatic heterocycles. The van der Waals surface area contributed by atoms with Crippen LogP contribution in [0.15, 0.2) is 54.1 Å². The van der Waals surface area contributed by atoms with Crippen molar-refractivity contribution in [3.63, 3.8) is 0 Å². The molecule has 0 spiro atoms. The van der Waals surface area contributed by atoms with Gasteiger partial charge in [0.15, 0.2) is 0 Å². The van der Waals surface area contributed by atoms with Crippen molar-refractivity contribution in [2.75, 3.05) is 40.0 Å². The van der Waals surface area contributed by atoms with E-state index in [1.807, 2.05) is 44.2 Å². The minimum atomic E-state index is -0.567. The van der Waals surface area contributed by atoms with Gasteiger partial charge in [0, 0.05) is 37.9 Å². The number of carbonyl (C=O) groups excluding carboxylic acids is 1. The fourth-order valence-corrected chi connectivity index (χ4v) is 4.24. The number of aromatic nitrogens is 2. The molecule has 0 radical (unpaired) electrons. The Bertz CT molecular complexity index is 1290. The van der Waals surface area contributed by atoms with Gasteiger partial charge in [-0.25, -0.2) is 4.98 Å². The average Bonchev–Trinajstić information content (AvgIpc) is 2.89. The quantitative estimate of drug-likeness (QED) is 0.491. The molecule has 0 saturated carbocycles. The second-order valence-electron chi connectivity index (χ2n) is 8.78. The van der Waals surface area contributed by atoms with Gasteiger partial charge in [0.2, 0.25) is 0 Å². The summed E-state index contributed by atoms with van der Waals surface area (Å²) in [5, 5.41) is 3.13. The van der Waals surface area contributed by atoms with E-state index in [9.17, 15) is 9.59 Å². The highest BCUT2D eigenvalue weighted by Gasteiger charge is 2.25. The Labute approximate surface area is 210 Å². The summed E-state index contributed by atoms with van der Waals surface area (Å²) in [6.45, 7) is 11.2. The molecule has 1 saturated heterocycles. The lowest BCUT2D eigenvalue weighted by Gasteiger charge is -2.27. The molecule has 9 heteroatoms. The van der Waals surface area contributed by atoms with Crippen LogP contribution in [0.3, 0.4) is 0 Å². The monoisotopic (exact) mass is 492 g/mol. The first kappa shape index (κ1) is 25.4. The first-order valence-corrected chi connectivity index (χ1v) is 12.0. The number of benzene rings is 1. The molecule has 0 unspecified atom stereocenters. The number of hydrogen-bond acceptors (Lipinski definition) is 7. The van der Waals surface area contributed by atoms with Crippen LogP contribution in [0.25, 0.3) is 22.2 Å². The van der Waals surface area contributed by atoms with E-state index in [1.54, 1.807) is 17.9 Å². The van der Waals surface area contributed by atoms with Crippen LogP contribution in [0.4, 0.5) is 0 Å². The molecular formula is C27H32N4O5. The van der Waals surface area contributed by atoms with E-state index in [0.717, 1.165) is 30.0 Å². The lowest BCUT2D eigenvalue weighted by Crippen LogP contribution is -2.40. The smallest absolute Gasteiger partial charge is 0.268 e. The second kappa shape index (κ2) is 11.4. The molecule has 9 nitrogen and oxygen atoms in total. The van der Waals surface area contributed by atoms with Crippen molar-refractivity contribution >= 4 is 16.9 Å². The molecule has 3 aromatic rings. The molecule has 1 amide bonds. The van der Waals surface area contributed by atoms with Crippen molar-refractivity contribution in [3.05, 3.63) is 65.2 Å². The molecule has 1 aliphatic rings. The molecule has 2 aromatic heterocycles. The van der Waals surface area contributed by atoms with E-state index >= 15 is 0 Å². The largest absolute Gasteiger partial charge is 0.497 e. The third kappa shape index (κ3) is 5.42. The van der Waals surface area contributed by atoms with Crippen LogP contribution in [0, 0.1) is 0 Å². The van der Waals surface area contributed by atoms with Gasteiger partial charge in [0.25, 0.3) is 11.5 Å². The number of hydrogen-bond donors (Lipinski definition) is 1. The maximum absolute atomic E-state index is 13.7. The second-order valence-corrected chi connectivity index (χ2v) is 8.78. The Kier molecular flexibility index (Phi) is 8.02. The summed E-state index contributed by atoms with van der Waals surface area (Å²) in [6.07, 6.45) is 2.73. The lowest BCUT2D eigenvalue weighted by atomic mass is 10.0. The maximum atomic E-state index is 13.7. The summed E-state index contributed by atoms with van der Waals surface area (Å²) in [5.74, 6) is 0.397. The van der Waals surface area contributed by atoms with Gasteiger partial charge in [-0.1, -0.05) is 18.7 Å². The standard InChI is InChI=1S/C27H32N4O5/c1-5-28-26(32)23-24(36-18(2)3)22-16-20(19-6-8-21(34-4)9-7-19)17-29-25(22)31(27(23)33)11-10-30-12-14-35-15-13-30/h5-9,16-18H,1,10-15H2,2-4H3,(H,28,32). The van der Waals surface area contributed by atoms with Crippen LogP contribution in [-0.4, -0.2) is 66.4 Å². The van der Waals surface area contributed by atoms with E-state index in [4.69, 9.17) is 19.2 Å². The van der Waals surface area contributed by atoms with Gasteiger partial charge in [0.1, 0.15) is 22.7 Å². The molecule has 36 heavy (non-hydrogen) atoms. The van der Waals surface area contributed by atoms with Crippen molar-refractivity contribution in [3.8, 4) is 22.6 Å². The lowest BCUT2D eigenvalue weighted by molar-refractivity contribution is 0.0364. The number of pyridine rings is 2. The molecular weight excluding hydrogens is 460 g/mol. The van der Waals surface area contributed by atoms with Crippen molar-refractivity contribution in [1.29, 1.82) is 0 Å². The number of nitrogens with zero attached hydrogens (tertiary/aromatic N) is 3. The summed E-state index contributed by atoms with van der Waals surface area (Å²) in [7, 11) is 1.62. The fourth-order valence-electron chi connectivity index (χ4n) is 4.24. The number of amides is 1. The van der Waals surface area contributed by atoms with E-state index in [0.29, 0.717) is 37.3 Å². The summed E-state index contributed by atoms with van der Waals surface area (Å²) < 4.78 is 18.4. The van der Waals surface area contributed by atoms with Crippen LogP contribution in [0.1, 0.15) is 24.2 Å². The highest BCUT2D eigenvalue weighted by atomic mass is 16.5. The highest BCUT2D eigenvalue weighted by molar-refractivity contribution is 6.03. The summed E-state index contributed by atoms with van der Waals surface area (Å²) in [6, 6.07) is 9.53. The third-order valence-electron chi connectivity index (χ3n) is 6.03. The van der Waals surface area contributed by atoms with Gasteiger partial charge in [-0.05, 0) is 43.8 Å². The van der Waals surface area contributed by atoms with Gasteiger partial charge in [-0.3, -0.25) is 19.1 Å². The Morgan fingerprint density at radius 3 is 2.56 bits per heavy atom. The normalized spacial score (nSPS) is 14.1. The van der Waals surface area contributed by atoms with E-state index in [2.05, 4.69) is 16.8 Å². The number of nitrogens with one attached hydrogen (secondary N) is 1. The zero-order valence-corrected chi connectivity index (χ0v) is 21.0. The molecule has 1 N–H and O–H groups in total. The van der Waals surface area contributed by atoms with E-state index in [-0.39, 0.29) is 17.4 Å². The van der Waals surface area contributed by atoms with Crippen LogP contribution in [0.2, 0.25) is 0 Å². The first-order chi connectivity index (χ1) is 17.4. The van der Waals surface area contributed by atoms with E-state index < -0.39 is 11.5 Å². The van der Waals surface area contributed by atoms with Crippen molar-refractivity contribution < 1.29 is 19.0 Å². The minimum absolute atomic E-state index is 0.0632. The Balaban J connectivity index is 1.90. The Morgan fingerprint density at radius 1 is 1.19 bits per heavy atom. The zero-order valence-electron chi connectivity index (χ0n) is 21.0. The molecule has 4 rings (SSSR count). The number of carbonyl (C=O) groups is 1. The van der Waals surface area contributed by atoms with Gasteiger partial charge < -0.3 is 19.5 Å². The van der Waals surface area contributed by atoms with Gasteiger partial charge >= 0.3 is 0 Å². The average molecular weight is 493 g/mol. The van der Waals surface area contributed by atoms with Gasteiger partial charge in [0.05, 0.1) is 31.8 Å². The maximum Gasteiger partial charge on any atom is 0.268 e. The van der Waals surface area contributed by atoms with Crippen molar-refractivity contribution in [1.82, 2.24) is 19.8 Å². The highest BCUT2D eigenvalue weighted by Crippen LogP contribution is 2.32. The summed E-state index contributed by atoms with van der Waals surface area (Å²) in [4.78, 5) is 33.7. The third-order valence-corrected chi connectivity index (χ3v) is 6.03. The molecule has 0 bridgehead atoms. The summed E-state index contributed by atoms with van der Waals surface area (Å²) >= 11 is 0.